The van der Waals surface area contributed by atoms with Crippen molar-refractivity contribution in [3.63, 3.8) is 0 Å². The Bertz CT molecular complexity index is 599. The van der Waals surface area contributed by atoms with Gasteiger partial charge in [-0.05, 0) is 25.5 Å². The van der Waals surface area contributed by atoms with E-state index in [-0.39, 0.29) is 23.2 Å². The summed E-state index contributed by atoms with van der Waals surface area (Å²) in [7, 11) is 0. The number of rotatable bonds is 4. The van der Waals surface area contributed by atoms with E-state index in [1.807, 2.05) is 20.8 Å². The number of ether oxygens (including phenoxy) is 1. The summed E-state index contributed by atoms with van der Waals surface area (Å²) < 4.78 is 31.7. The highest BCUT2D eigenvalue weighted by Gasteiger charge is 2.49. The normalized spacial score (nSPS) is 22.1. The van der Waals surface area contributed by atoms with Gasteiger partial charge in [-0.3, -0.25) is 9.59 Å². The third-order valence-corrected chi connectivity index (χ3v) is 4.18. The van der Waals surface area contributed by atoms with Crippen molar-refractivity contribution < 1.29 is 23.1 Å². The number of carbonyl (C=O) groups excluding carboxylic acids is 2. The zero-order chi connectivity index (χ0) is 17.2. The van der Waals surface area contributed by atoms with E-state index in [2.05, 4.69) is 10.6 Å². The molecular formula is C16H20F2N2O3. The van der Waals surface area contributed by atoms with Crippen molar-refractivity contribution in [2.45, 2.75) is 39.3 Å². The molecule has 1 fully saturated rings. The largest absolute Gasteiger partial charge is 0.378 e. The summed E-state index contributed by atoms with van der Waals surface area (Å²) in [5.41, 5.74) is -0.389. The molecule has 1 aliphatic carbocycles. The van der Waals surface area contributed by atoms with Gasteiger partial charge in [0.25, 0.3) is 0 Å². The Morgan fingerprint density at radius 2 is 1.83 bits per heavy atom. The molecule has 2 N–H and O–H groups in total. The average molecular weight is 326 g/mol. The van der Waals surface area contributed by atoms with Gasteiger partial charge in [-0.15, -0.1) is 0 Å². The molecule has 1 aromatic rings. The number of amides is 2. The highest BCUT2D eigenvalue weighted by atomic mass is 19.1. The van der Waals surface area contributed by atoms with Crippen molar-refractivity contribution in [3.8, 4) is 0 Å². The van der Waals surface area contributed by atoms with Crippen LogP contribution >= 0.6 is 0 Å². The second-order valence-electron chi connectivity index (χ2n) is 6.14. The summed E-state index contributed by atoms with van der Waals surface area (Å²) >= 11 is 0. The predicted octanol–water partition coefficient (Wildman–Crippen LogP) is 2.22. The van der Waals surface area contributed by atoms with Gasteiger partial charge in [0.1, 0.15) is 11.6 Å². The van der Waals surface area contributed by atoms with Gasteiger partial charge in [0.2, 0.25) is 0 Å². The van der Waals surface area contributed by atoms with Crippen molar-refractivity contribution in [1.82, 2.24) is 5.32 Å². The Hall–Kier alpha value is -2.02. The van der Waals surface area contributed by atoms with Gasteiger partial charge < -0.3 is 15.4 Å². The number of anilines is 1. The van der Waals surface area contributed by atoms with E-state index in [1.165, 1.54) is 0 Å². The quantitative estimate of drug-likeness (QED) is 0.834. The maximum atomic E-state index is 13.1. The van der Waals surface area contributed by atoms with E-state index in [0.717, 1.165) is 12.1 Å². The molecule has 1 aromatic carbocycles. The van der Waals surface area contributed by atoms with Crippen LogP contribution in [-0.4, -0.2) is 30.6 Å². The van der Waals surface area contributed by atoms with Gasteiger partial charge in [0.15, 0.2) is 0 Å². The number of hydrogen-bond acceptors (Lipinski definition) is 3. The number of benzene rings is 1. The summed E-state index contributed by atoms with van der Waals surface area (Å²) in [4.78, 5) is 23.8. The number of hydrogen-bond donors (Lipinski definition) is 2. The smallest absolute Gasteiger partial charge is 0.313 e. The van der Waals surface area contributed by atoms with Crippen LogP contribution in [0.2, 0.25) is 0 Å². The van der Waals surface area contributed by atoms with Crippen LogP contribution in [0.3, 0.4) is 0 Å². The first kappa shape index (κ1) is 17.3. The molecule has 1 aliphatic rings. The summed E-state index contributed by atoms with van der Waals surface area (Å²) in [6, 6.07) is 2.36. The van der Waals surface area contributed by atoms with Crippen molar-refractivity contribution in [3.05, 3.63) is 29.8 Å². The lowest BCUT2D eigenvalue weighted by Gasteiger charge is -2.51. The van der Waals surface area contributed by atoms with Gasteiger partial charge in [-0.1, -0.05) is 13.8 Å². The molecule has 0 spiro atoms. The third-order valence-electron chi connectivity index (χ3n) is 4.18. The minimum atomic E-state index is -0.967. The van der Waals surface area contributed by atoms with E-state index in [1.54, 1.807) is 0 Å². The van der Waals surface area contributed by atoms with Gasteiger partial charge in [-0.2, -0.15) is 0 Å². The van der Waals surface area contributed by atoms with Crippen LogP contribution in [0.15, 0.2) is 18.2 Å². The molecule has 2 rings (SSSR count). The predicted molar refractivity (Wildman–Crippen MR) is 80.7 cm³/mol. The van der Waals surface area contributed by atoms with Crippen LogP contribution in [-0.2, 0) is 14.3 Å². The molecule has 7 heteroatoms. The van der Waals surface area contributed by atoms with E-state index in [0.29, 0.717) is 19.1 Å². The molecule has 0 unspecified atom stereocenters. The fourth-order valence-electron chi connectivity index (χ4n) is 2.65. The number of halogens is 2. The Morgan fingerprint density at radius 1 is 1.22 bits per heavy atom. The molecule has 2 amide bonds. The van der Waals surface area contributed by atoms with E-state index < -0.39 is 23.4 Å². The fourth-order valence-corrected chi connectivity index (χ4v) is 2.65. The second kappa shape index (κ2) is 6.62. The van der Waals surface area contributed by atoms with Crippen LogP contribution in [0.1, 0.15) is 27.2 Å². The van der Waals surface area contributed by atoms with Crippen molar-refractivity contribution in [2.24, 2.45) is 5.41 Å². The van der Waals surface area contributed by atoms with Gasteiger partial charge in [0, 0.05) is 29.8 Å². The summed E-state index contributed by atoms with van der Waals surface area (Å²) in [6.07, 6.45) is 0.646. The molecule has 1 saturated carbocycles. The van der Waals surface area contributed by atoms with E-state index in [9.17, 15) is 18.4 Å². The van der Waals surface area contributed by atoms with Crippen molar-refractivity contribution >= 4 is 17.5 Å². The molecule has 0 radical (unpaired) electrons. The molecule has 0 saturated heterocycles. The van der Waals surface area contributed by atoms with Crippen molar-refractivity contribution in [2.75, 3.05) is 11.9 Å². The van der Waals surface area contributed by atoms with Crippen LogP contribution < -0.4 is 10.6 Å². The van der Waals surface area contributed by atoms with E-state index >= 15 is 0 Å². The maximum Gasteiger partial charge on any atom is 0.313 e. The minimum absolute atomic E-state index is 0.0261. The van der Waals surface area contributed by atoms with Crippen LogP contribution in [0.5, 0.6) is 0 Å². The fraction of sp³-hybridized carbons (Fsp3) is 0.500. The topological polar surface area (TPSA) is 67.4 Å². The van der Waals surface area contributed by atoms with Crippen molar-refractivity contribution in [1.29, 1.82) is 0 Å². The summed E-state index contributed by atoms with van der Waals surface area (Å²) in [5.74, 6) is -3.48. The lowest BCUT2D eigenvalue weighted by Crippen LogP contribution is -2.63. The molecule has 2 atom stereocenters. The Kier molecular flexibility index (Phi) is 4.99. The maximum absolute atomic E-state index is 13.1. The molecule has 0 aromatic heterocycles. The lowest BCUT2D eigenvalue weighted by atomic mass is 9.64. The first-order valence-corrected chi connectivity index (χ1v) is 7.43. The molecule has 0 heterocycles. The highest BCUT2D eigenvalue weighted by molar-refractivity contribution is 6.39. The Balaban J connectivity index is 1.92. The average Bonchev–Trinajstić information content (AvgIpc) is 2.44. The molecular weight excluding hydrogens is 306 g/mol. The molecule has 5 nitrogen and oxygen atoms in total. The van der Waals surface area contributed by atoms with Gasteiger partial charge >= 0.3 is 11.8 Å². The van der Waals surface area contributed by atoms with Crippen LogP contribution in [0.25, 0.3) is 0 Å². The third kappa shape index (κ3) is 3.85. The summed E-state index contributed by atoms with van der Waals surface area (Å²) in [6.45, 7) is 6.37. The monoisotopic (exact) mass is 326 g/mol. The first-order valence-electron chi connectivity index (χ1n) is 7.43. The van der Waals surface area contributed by atoms with Crippen LogP contribution in [0, 0.1) is 17.0 Å². The molecule has 23 heavy (non-hydrogen) atoms. The molecule has 126 valence electrons. The minimum Gasteiger partial charge on any atom is -0.378 e. The standard InChI is InChI=1S/C16H20F2N2O3/c1-4-23-13-8-12(16(13,2)3)20-15(22)14(21)19-11-6-9(17)5-10(18)7-11/h5-7,12-13H,4,8H2,1-3H3,(H,19,21)(H,20,22)/t12-,13-/m0/s1. The summed E-state index contributed by atoms with van der Waals surface area (Å²) in [5, 5.41) is 4.80. The molecule has 0 bridgehead atoms. The first-order chi connectivity index (χ1) is 10.7. The van der Waals surface area contributed by atoms with Gasteiger partial charge in [0.05, 0.1) is 6.10 Å². The number of carbonyl (C=O) groups is 2. The lowest BCUT2D eigenvalue weighted by molar-refractivity contribution is -0.144. The number of nitrogens with one attached hydrogen (secondary N) is 2. The second-order valence-corrected chi connectivity index (χ2v) is 6.14. The van der Waals surface area contributed by atoms with Gasteiger partial charge in [-0.25, -0.2) is 8.78 Å². The van der Waals surface area contributed by atoms with E-state index in [4.69, 9.17) is 4.74 Å². The Labute approximate surface area is 133 Å². The zero-order valence-electron chi connectivity index (χ0n) is 13.3. The zero-order valence-corrected chi connectivity index (χ0v) is 13.3. The Morgan fingerprint density at radius 3 is 2.35 bits per heavy atom. The molecule has 0 aliphatic heterocycles. The highest BCUT2D eigenvalue weighted by Crippen LogP contribution is 2.42. The van der Waals surface area contributed by atoms with Crippen LogP contribution in [0.4, 0.5) is 14.5 Å². The SMILES string of the molecule is CCO[C@H]1C[C@H](NC(=O)C(=O)Nc2cc(F)cc(F)c2)C1(C)C.